The number of hydrogen-bond acceptors (Lipinski definition) is 6. The molecule has 8 heteroatoms. The number of aryl methyl sites for hydroxylation is 1. The highest BCUT2D eigenvalue weighted by atomic mass is 35.5. The Balaban J connectivity index is 2.09. The molecule has 144 valence electrons. The molecule has 0 N–H and O–H groups in total. The molecule has 27 heavy (non-hydrogen) atoms. The summed E-state index contributed by atoms with van der Waals surface area (Å²) in [5.74, 6) is 2.35. The number of rotatable bonds is 8. The van der Waals surface area contributed by atoms with E-state index in [2.05, 4.69) is 21.5 Å². The molecule has 0 amide bonds. The lowest BCUT2D eigenvalue weighted by Crippen LogP contribution is -2.07. The van der Waals surface area contributed by atoms with Crippen molar-refractivity contribution in [3.05, 3.63) is 35.0 Å². The number of imidazole rings is 1. The van der Waals surface area contributed by atoms with Gasteiger partial charge in [-0.1, -0.05) is 24.9 Å². The third-order valence-electron chi connectivity index (χ3n) is 4.42. The lowest BCUT2D eigenvalue weighted by molar-refractivity contribution is 0.324. The minimum absolute atomic E-state index is 0.449. The quantitative estimate of drug-likeness (QED) is 0.581. The Morgan fingerprint density at radius 3 is 2.56 bits per heavy atom. The topological polar surface area (TPSA) is 71.3 Å². The molecule has 2 aromatic heterocycles. The SMILES string of the molecule is CCCCn1c(Cc2cc(OC)c(OC)c(OC)c2Cl)nc2cncnc21. The predicted molar refractivity (Wildman–Crippen MR) is 104 cm³/mol. The molecule has 0 spiro atoms. The lowest BCUT2D eigenvalue weighted by Gasteiger charge is -2.16. The number of ether oxygens (including phenoxy) is 3. The molecule has 0 radical (unpaired) electrons. The molecule has 3 aromatic rings. The number of fused-ring (bicyclic) bond motifs is 1. The van der Waals surface area contributed by atoms with Crippen molar-refractivity contribution in [2.45, 2.75) is 32.7 Å². The van der Waals surface area contributed by atoms with Crippen LogP contribution < -0.4 is 14.2 Å². The van der Waals surface area contributed by atoms with E-state index in [1.807, 2.05) is 6.07 Å². The fraction of sp³-hybridized carbons (Fsp3) is 0.421. The average Bonchev–Trinajstić information content (AvgIpc) is 3.04. The Morgan fingerprint density at radius 1 is 1.11 bits per heavy atom. The number of halogens is 1. The van der Waals surface area contributed by atoms with Gasteiger partial charge in [0, 0.05) is 13.0 Å². The van der Waals surface area contributed by atoms with E-state index in [1.54, 1.807) is 33.9 Å². The van der Waals surface area contributed by atoms with Crippen LogP contribution in [-0.2, 0) is 13.0 Å². The van der Waals surface area contributed by atoms with Crippen molar-refractivity contribution in [2.24, 2.45) is 0 Å². The zero-order valence-corrected chi connectivity index (χ0v) is 16.7. The van der Waals surface area contributed by atoms with Gasteiger partial charge in [-0.15, -0.1) is 0 Å². The second kappa shape index (κ2) is 8.43. The smallest absolute Gasteiger partial charge is 0.204 e. The van der Waals surface area contributed by atoms with Gasteiger partial charge in [0.2, 0.25) is 5.75 Å². The average molecular weight is 391 g/mol. The molecule has 0 fully saturated rings. The van der Waals surface area contributed by atoms with E-state index >= 15 is 0 Å². The van der Waals surface area contributed by atoms with Crippen LogP contribution in [0.25, 0.3) is 11.2 Å². The second-order valence-electron chi connectivity index (χ2n) is 6.06. The molecule has 0 aliphatic rings. The summed E-state index contributed by atoms with van der Waals surface area (Å²) in [5.41, 5.74) is 2.44. The first-order valence-electron chi connectivity index (χ1n) is 8.77. The van der Waals surface area contributed by atoms with Crippen molar-refractivity contribution in [1.82, 2.24) is 19.5 Å². The van der Waals surface area contributed by atoms with Gasteiger partial charge in [-0.05, 0) is 18.1 Å². The van der Waals surface area contributed by atoms with E-state index in [0.717, 1.165) is 41.9 Å². The number of aromatic nitrogens is 4. The first-order valence-corrected chi connectivity index (χ1v) is 9.14. The molecule has 3 rings (SSSR count). The summed E-state index contributed by atoms with van der Waals surface area (Å²) in [5, 5.41) is 0.482. The molecule has 0 saturated heterocycles. The van der Waals surface area contributed by atoms with Crippen LogP contribution in [0.2, 0.25) is 5.02 Å². The zero-order chi connectivity index (χ0) is 19.4. The van der Waals surface area contributed by atoms with Crippen LogP contribution in [0.4, 0.5) is 0 Å². The summed E-state index contributed by atoms with van der Waals surface area (Å²) in [7, 11) is 4.69. The summed E-state index contributed by atoms with van der Waals surface area (Å²) in [6.45, 7) is 2.99. The number of nitrogens with zero attached hydrogens (tertiary/aromatic N) is 4. The van der Waals surface area contributed by atoms with E-state index < -0.39 is 0 Å². The fourth-order valence-corrected chi connectivity index (χ4v) is 3.37. The Labute approximate surface area is 163 Å². The molecule has 0 atom stereocenters. The maximum absolute atomic E-state index is 6.60. The molecule has 0 unspecified atom stereocenters. The minimum atomic E-state index is 0.449. The molecule has 7 nitrogen and oxygen atoms in total. The standard InChI is InChI=1S/C19H23ClN4O3/c1-5-6-7-24-15(23-13-10-21-11-22-19(13)24)9-12-8-14(25-2)17(26-3)18(27-4)16(12)20/h8,10-11H,5-7,9H2,1-4H3. The largest absolute Gasteiger partial charge is 0.493 e. The van der Waals surface area contributed by atoms with E-state index in [4.69, 9.17) is 30.8 Å². The number of hydrogen-bond donors (Lipinski definition) is 0. The first kappa shape index (κ1) is 19.2. The van der Waals surface area contributed by atoms with Gasteiger partial charge in [0.15, 0.2) is 17.1 Å². The molecular weight excluding hydrogens is 368 g/mol. The third-order valence-corrected chi connectivity index (χ3v) is 4.83. The van der Waals surface area contributed by atoms with Gasteiger partial charge in [-0.3, -0.25) is 0 Å². The van der Waals surface area contributed by atoms with Gasteiger partial charge >= 0.3 is 0 Å². The van der Waals surface area contributed by atoms with Gasteiger partial charge in [-0.25, -0.2) is 15.0 Å². The number of methoxy groups -OCH3 is 3. The van der Waals surface area contributed by atoms with Crippen LogP contribution in [0.3, 0.4) is 0 Å². The van der Waals surface area contributed by atoms with Crippen LogP contribution in [0, 0.1) is 0 Å². The highest BCUT2D eigenvalue weighted by Crippen LogP contribution is 2.45. The minimum Gasteiger partial charge on any atom is -0.493 e. The van der Waals surface area contributed by atoms with E-state index in [-0.39, 0.29) is 0 Å². The van der Waals surface area contributed by atoms with Crippen molar-refractivity contribution >= 4 is 22.8 Å². The molecule has 1 aromatic carbocycles. The van der Waals surface area contributed by atoms with Gasteiger partial charge in [0.05, 0.1) is 32.5 Å². The predicted octanol–water partition coefficient (Wildman–Crippen LogP) is 3.90. The van der Waals surface area contributed by atoms with Crippen molar-refractivity contribution < 1.29 is 14.2 Å². The summed E-state index contributed by atoms with van der Waals surface area (Å²) in [6, 6.07) is 1.86. The van der Waals surface area contributed by atoms with E-state index in [1.165, 1.54) is 0 Å². The number of benzene rings is 1. The van der Waals surface area contributed by atoms with E-state index in [0.29, 0.717) is 28.7 Å². The Morgan fingerprint density at radius 2 is 1.89 bits per heavy atom. The van der Waals surface area contributed by atoms with Crippen molar-refractivity contribution in [1.29, 1.82) is 0 Å². The van der Waals surface area contributed by atoms with Crippen molar-refractivity contribution in [3.63, 3.8) is 0 Å². The summed E-state index contributed by atoms with van der Waals surface area (Å²) < 4.78 is 18.4. The van der Waals surface area contributed by atoms with Crippen LogP contribution >= 0.6 is 11.6 Å². The maximum atomic E-state index is 6.60. The monoisotopic (exact) mass is 390 g/mol. The van der Waals surface area contributed by atoms with Gasteiger partial charge in [0.1, 0.15) is 17.7 Å². The van der Waals surface area contributed by atoms with Gasteiger partial charge in [0.25, 0.3) is 0 Å². The lowest BCUT2D eigenvalue weighted by atomic mass is 10.1. The second-order valence-corrected chi connectivity index (χ2v) is 6.44. The molecule has 0 saturated carbocycles. The number of unbranched alkanes of at least 4 members (excludes halogenated alkanes) is 1. The third kappa shape index (κ3) is 3.64. The highest BCUT2D eigenvalue weighted by molar-refractivity contribution is 6.33. The molecular formula is C19H23ClN4O3. The molecule has 0 bridgehead atoms. The molecule has 2 heterocycles. The molecule has 0 aliphatic carbocycles. The van der Waals surface area contributed by atoms with Crippen molar-refractivity contribution in [2.75, 3.05) is 21.3 Å². The Bertz CT molecular complexity index is 942. The van der Waals surface area contributed by atoms with Gasteiger partial charge < -0.3 is 18.8 Å². The van der Waals surface area contributed by atoms with Crippen LogP contribution in [0.1, 0.15) is 31.2 Å². The maximum Gasteiger partial charge on any atom is 0.204 e. The van der Waals surface area contributed by atoms with Crippen LogP contribution in [-0.4, -0.2) is 40.8 Å². The first-order chi connectivity index (χ1) is 13.1. The van der Waals surface area contributed by atoms with Crippen molar-refractivity contribution in [3.8, 4) is 17.2 Å². The zero-order valence-electron chi connectivity index (χ0n) is 16.0. The van der Waals surface area contributed by atoms with E-state index in [9.17, 15) is 0 Å². The van der Waals surface area contributed by atoms with Crippen LogP contribution in [0.5, 0.6) is 17.2 Å². The Hall–Kier alpha value is -2.54. The summed E-state index contributed by atoms with van der Waals surface area (Å²) in [6.07, 6.45) is 5.89. The van der Waals surface area contributed by atoms with Crippen LogP contribution in [0.15, 0.2) is 18.6 Å². The Kier molecular flexibility index (Phi) is 6.01. The highest BCUT2D eigenvalue weighted by Gasteiger charge is 2.21. The fourth-order valence-electron chi connectivity index (χ4n) is 3.08. The normalized spacial score (nSPS) is 11.0. The summed E-state index contributed by atoms with van der Waals surface area (Å²) >= 11 is 6.60. The summed E-state index contributed by atoms with van der Waals surface area (Å²) in [4.78, 5) is 13.2. The van der Waals surface area contributed by atoms with Gasteiger partial charge in [-0.2, -0.15) is 0 Å². The molecule has 0 aliphatic heterocycles.